The molecular weight excluding hydrogens is 210 g/mol. The summed E-state index contributed by atoms with van der Waals surface area (Å²) in [5.74, 6) is 0.950. The molecule has 17 heavy (non-hydrogen) atoms. The van der Waals surface area contributed by atoms with Crippen LogP contribution in [0.25, 0.3) is 0 Å². The molecule has 1 aromatic carbocycles. The minimum atomic E-state index is 0.204. The van der Waals surface area contributed by atoms with Crippen LogP contribution in [-0.4, -0.2) is 19.7 Å². The van der Waals surface area contributed by atoms with Crippen molar-refractivity contribution < 1.29 is 4.74 Å². The van der Waals surface area contributed by atoms with Crippen molar-refractivity contribution in [1.82, 2.24) is 5.32 Å². The van der Waals surface area contributed by atoms with Crippen LogP contribution in [0.4, 0.5) is 0 Å². The molecule has 0 aromatic heterocycles. The summed E-state index contributed by atoms with van der Waals surface area (Å²) in [6.45, 7) is 4.93. The lowest BCUT2D eigenvalue weighted by molar-refractivity contribution is 0.0489. The highest BCUT2D eigenvalue weighted by molar-refractivity contribution is 5.17. The van der Waals surface area contributed by atoms with Gasteiger partial charge in [0, 0.05) is 13.2 Å². The van der Waals surface area contributed by atoms with Gasteiger partial charge < -0.3 is 10.1 Å². The third-order valence-corrected chi connectivity index (χ3v) is 3.29. The maximum atomic E-state index is 6.02. The van der Waals surface area contributed by atoms with Crippen LogP contribution in [0.2, 0.25) is 0 Å². The van der Waals surface area contributed by atoms with Crippen molar-refractivity contribution in [2.75, 3.05) is 19.7 Å². The van der Waals surface area contributed by atoms with Gasteiger partial charge in [-0.05, 0) is 24.4 Å². The van der Waals surface area contributed by atoms with E-state index in [-0.39, 0.29) is 6.10 Å². The van der Waals surface area contributed by atoms with Crippen molar-refractivity contribution in [3.63, 3.8) is 0 Å². The standard InChI is InChI=1S/C15H23NO/c1-2-16-12-15(14-6-4-3-5-7-14)17-11-10-13-8-9-13/h3-7,13,15-16H,2,8-12H2,1H3. The highest BCUT2D eigenvalue weighted by Gasteiger charge is 2.21. The smallest absolute Gasteiger partial charge is 0.0949 e. The Hall–Kier alpha value is -0.860. The minimum Gasteiger partial charge on any atom is -0.372 e. The summed E-state index contributed by atoms with van der Waals surface area (Å²) in [6.07, 6.45) is 4.25. The van der Waals surface area contributed by atoms with Crippen LogP contribution in [0.15, 0.2) is 30.3 Å². The Kier molecular flexibility index (Phi) is 5.02. The topological polar surface area (TPSA) is 21.3 Å². The first-order valence-corrected chi connectivity index (χ1v) is 6.77. The zero-order valence-electron chi connectivity index (χ0n) is 10.7. The number of nitrogens with one attached hydrogen (secondary N) is 1. The fourth-order valence-electron chi connectivity index (χ4n) is 2.00. The molecule has 1 aliphatic rings. The fraction of sp³-hybridized carbons (Fsp3) is 0.600. The van der Waals surface area contributed by atoms with Crippen molar-refractivity contribution in [3.8, 4) is 0 Å². The molecule has 1 unspecified atom stereocenters. The average molecular weight is 233 g/mol. The molecule has 0 amide bonds. The Balaban J connectivity index is 1.82. The van der Waals surface area contributed by atoms with Gasteiger partial charge in [0.15, 0.2) is 0 Å². The van der Waals surface area contributed by atoms with E-state index in [1.54, 1.807) is 0 Å². The van der Waals surface area contributed by atoms with Crippen LogP contribution in [0, 0.1) is 5.92 Å². The fourth-order valence-corrected chi connectivity index (χ4v) is 2.00. The normalized spacial score (nSPS) is 17.0. The lowest BCUT2D eigenvalue weighted by Crippen LogP contribution is -2.23. The predicted octanol–water partition coefficient (Wildman–Crippen LogP) is 3.15. The van der Waals surface area contributed by atoms with E-state index < -0.39 is 0 Å². The van der Waals surface area contributed by atoms with Gasteiger partial charge in [-0.25, -0.2) is 0 Å². The second kappa shape index (κ2) is 6.77. The molecule has 1 N–H and O–H groups in total. The summed E-state index contributed by atoms with van der Waals surface area (Å²) in [5, 5.41) is 3.38. The molecule has 1 atom stereocenters. The summed E-state index contributed by atoms with van der Waals surface area (Å²) in [5.41, 5.74) is 1.28. The molecule has 0 spiro atoms. The van der Waals surface area contributed by atoms with Gasteiger partial charge in [-0.1, -0.05) is 50.1 Å². The van der Waals surface area contributed by atoms with Gasteiger partial charge in [0.1, 0.15) is 0 Å². The number of rotatable bonds is 8. The van der Waals surface area contributed by atoms with Gasteiger partial charge in [-0.15, -0.1) is 0 Å². The van der Waals surface area contributed by atoms with Crippen LogP contribution in [0.3, 0.4) is 0 Å². The van der Waals surface area contributed by atoms with Crippen molar-refractivity contribution >= 4 is 0 Å². The summed E-state index contributed by atoms with van der Waals surface area (Å²) < 4.78 is 6.02. The summed E-state index contributed by atoms with van der Waals surface area (Å²) in [7, 11) is 0. The van der Waals surface area contributed by atoms with Crippen LogP contribution in [-0.2, 0) is 4.74 Å². The van der Waals surface area contributed by atoms with Gasteiger partial charge >= 0.3 is 0 Å². The minimum absolute atomic E-state index is 0.204. The van der Waals surface area contributed by atoms with E-state index in [1.807, 2.05) is 0 Å². The van der Waals surface area contributed by atoms with Gasteiger partial charge in [0.2, 0.25) is 0 Å². The number of ether oxygens (including phenoxy) is 1. The zero-order valence-corrected chi connectivity index (χ0v) is 10.7. The van der Waals surface area contributed by atoms with Crippen LogP contribution >= 0.6 is 0 Å². The molecule has 0 saturated heterocycles. The largest absolute Gasteiger partial charge is 0.372 e. The van der Waals surface area contributed by atoms with Crippen molar-refractivity contribution in [2.24, 2.45) is 5.92 Å². The van der Waals surface area contributed by atoms with E-state index in [9.17, 15) is 0 Å². The molecule has 0 aliphatic heterocycles. The Labute approximate surface area is 104 Å². The van der Waals surface area contributed by atoms with Crippen molar-refractivity contribution in [1.29, 1.82) is 0 Å². The van der Waals surface area contributed by atoms with E-state index in [4.69, 9.17) is 4.74 Å². The molecule has 0 bridgehead atoms. The van der Waals surface area contributed by atoms with Gasteiger partial charge in [-0.3, -0.25) is 0 Å². The highest BCUT2D eigenvalue weighted by atomic mass is 16.5. The third-order valence-electron chi connectivity index (χ3n) is 3.29. The number of hydrogen-bond donors (Lipinski definition) is 1. The average Bonchev–Trinajstić information content (AvgIpc) is 3.19. The Morgan fingerprint density at radius 2 is 2.06 bits per heavy atom. The van der Waals surface area contributed by atoms with E-state index in [0.717, 1.165) is 25.6 Å². The molecule has 2 rings (SSSR count). The highest BCUT2D eigenvalue weighted by Crippen LogP contribution is 2.32. The summed E-state index contributed by atoms with van der Waals surface area (Å²) >= 11 is 0. The predicted molar refractivity (Wildman–Crippen MR) is 71.0 cm³/mol. The summed E-state index contributed by atoms with van der Waals surface area (Å²) in [4.78, 5) is 0. The maximum Gasteiger partial charge on any atom is 0.0949 e. The first-order valence-electron chi connectivity index (χ1n) is 6.77. The first kappa shape index (κ1) is 12.6. The molecule has 1 fully saturated rings. The van der Waals surface area contributed by atoms with Crippen molar-refractivity contribution in [3.05, 3.63) is 35.9 Å². The lowest BCUT2D eigenvalue weighted by atomic mass is 10.1. The Morgan fingerprint density at radius 3 is 2.71 bits per heavy atom. The maximum absolute atomic E-state index is 6.02. The van der Waals surface area contributed by atoms with Gasteiger partial charge in [0.25, 0.3) is 0 Å². The molecule has 1 saturated carbocycles. The SMILES string of the molecule is CCNCC(OCCC1CC1)c1ccccc1. The third kappa shape index (κ3) is 4.49. The van der Waals surface area contributed by atoms with Crippen LogP contribution < -0.4 is 5.32 Å². The molecule has 0 radical (unpaired) electrons. The zero-order chi connectivity index (χ0) is 11.9. The first-order chi connectivity index (χ1) is 8.40. The van der Waals surface area contributed by atoms with Gasteiger partial charge in [0.05, 0.1) is 6.10 Å². The van der Waals surface area contributed by atoms with E-state index in [0.29, 0.717) is 0 Å². The molecule has 2 heteroatoms. The monoisotopic (exact) mass is 233 g/mol. The Morgan fingerprint density at radius 1 is 1.29 bits per heavy atom. The van der Waals surface area contributed by atoms with Gasteiger partial charge in [-0.2, -0.15) is 0 Å². The molecule has 1 aliphatic carbocycles. The second-order valence-electron chi connectivity index (χ2n) is 4.81. The number of hydrogen-bond acceptors (Lipinski definition) is 2. The molecule has 1 aromatic rings. The van der Waals surface area contributed by atoms with Crippen LogP contribution in [0.5, 0.6) is 0 Å². The molecule has 94 valence electrons. The van der Waals surface area contributed by atoms with Crippen molar-refractivity contribution in [2.45, 2.75) is 32.3 Å². The number of benzene rings is 1. The van der Waals surface area contributed by atoms with E-state index in [1.165, 1.54) is 24.8 Å². The number of likely N-dealkylation sites (N-methyl/N-ethyl adjacent to an activating group) is 1. The lowest BCUT2D eigenvalue weighted by Gasteiger charge is -2.18. The molecule has 0 heterocycles. The second-order valence-corrected chi connectivity index (χ2v) is 4.81. The molecular formula is C15H23NO. The summed E-state index contributed by atoms with van der Waals surface area (Å²) in [6, 6.07) is 10.5. The quantitative estimate of drug-likeness (QED) is 0.744. The van der Waals surface area contributed by atoms with E-state index >= 15 is 0 Å². The Bertz CT molecular complexity index is 308. The molecule has 2 nitrogen and oxygen atoms in total. The van der Waals surface area contributed by atoms with Crippen LogP contribution in [0.1, 0.15) is 37.9 Å². The van der Waals surface area contributed by atoms with E-state index in [2.05, 4.69) is 42.6 Å².